The number of esters is 1. The van der Waals surface area contributed by atoms with Crippen molar-refractivity contribution in [2.45, 2.75) is 24.4 Å². The Labute approximate surface area is 189 Å². The number of benzene rings is 2. The van der Waals surface area contributed by atoms with Crippen LogP contribution in [-0.2, 0) is 20.7 Å². The Morgan fingerprint density at radius 1 is 1.17 bits per heavy atom. The summed E-state index contributed by atoms with van der Waals surface area (Å²) in [6.45, 7) is 2.70. The van der Waals surface area contributed by atoms with Crippen LogP contribution >= 0.6 is 27.7 Å². The number of rotatable bonds is 9. The highest BCUT2D eigenvalue weighted by atomic mass is 79.9. The fourth-order valence-electron chi connectivity index (χ4n) is 2.92. The number of amides is 1. The Bertz CT molecular complexity index is 890. The lowest BCUT2D eigenvalue weighted by atomic mass is 10.1. The van der Waals surface area contributed by atoms with Gasteiger partial charge in [0.2, 0.25) is 5.91 Å². The second kappa shape index (κ2) is 11.2. The lowest BCUT2D eigenvalue weighted by Crippen LogP contribution is -2.49. The Kier molecular flexibility index (Phi) is 8.36. The van der Waals surface area contributed by atoms with E-state index in [4.69, 9.17) is 4.74 Å². The fourth-order valence-corrected chi connectivity index (χ4v) is 3.89. The second-order valence-electron chi connectivity index (χ2n) is 6.61. The third kappa shape index (κ3) is 6.62. The van der Waals surface area contributed by atoms with Gasteiger partial charge >= 0.3 is 5.97 Å². The summed E-state index contributed by atoms with van der Waals surface area (Å²) in [6.07, 6.45) is 1.91. The molecule has 0 spiro atoms. The van der Waals surface area contributed by atoms with E-state index in [0.29, 0.717) is 12.1 Å². The van der Waals surface area contributed by atoms with Gasteiger partial charge in [0, 0.05) is 22.1 Å². The molecule has 1 unspecified atom stereocenters. The van der Waals surface area contributed by atoms with Gasteiger partial charge in [-0.2, -0.15) is 0 Å². The van der Waals surface area contributed by atoms with E-state index in [1.165, 1.54) is 17.3 Å². The van der Waals surface area contributed by atoms with Crippen LogP contribution in [0.15, 0.2) is 75.7 Å². The summed E-state index contributed by atoms with van der Waals surface area (Å²) in [5.74, 6) is -0.349. The van der Waals surface area contributed by atoms with Crippen LogP contribution in [0.1, 0.15) is 12.5 Å². The Morgan fingerprint density at radius 3 is 2.60 bits per heavy atom. The molecule has 0 saturated carbocycles. The number of thioether (sulfide) groups is 1. The normalized spacial score (nSPS) is 15.6. The molecular formula is C22H24BrN3O3S. The van der Waals surface area contributed by atoms with Crippen LogP contribution in [0.25, 0.3) is 0 Å². The number of nitrogens with zero attached hydrogens (tertiary/aromatic N) is 1. The molecule has 0 fully saturated rings. The summed E-state index contributed by atoms with van der Waals surface area (Å²) in [7, 11) is 0. The number of ether oxygens (including phenoxy) is 1. The quantitative estimate of drug-likeness (QED) is 0.414. The molecule has 1 amide bonds. The molecular weight excluding hydrogens is 466 g/mol. The summed E-state index contributed by atoms with van der Waals surface area (Å²) >= 11 is 4.84. The maximum absolute atomic E-state index is 12.5. The van der Waals surface area contributed by atoms with Gasteiger partial charge in [-0.3, -0.25) is 4.79 Å². The van der Waals surface area contributed by atoms with E-state index >= 15 is 0 Å². The van der Waals surface area contributed by atoms with Crippen molar-refractivity contribution < 1.29 is 14.3 Å². The number of carbonyl (C=O) groups excluding carboxylic acids is 2. The zero-order chi connectivity index (χ0) is 21.3. The van der Waals surface area contributed by atoms with Gasteiger partial charge in [-0.25, -0.2) is 10.2 Å². The number of hydrogen-bond donors (Lipinski definition) is 2. The van der Waals surface area contributed by atoms with Crippen LogP contribution in [0.3, 0.4) is 0 Å². The predicted molar refractivity (Wildman–Crippen MR) is 122 cm³/mol. The molecule has 1 atom stereocenters. The first-order valence-electron chi connectivity index (χ1n) is 9.68. The smallest absolute Gasteiger partial charge is 0.339 e. The molecule has 2 N–H and O–H groups in total. The van der Waals surface area contributed by atoms with Crippen molar-refractivity contribution >= 4 is 39.6 Å². The molecule has 158 valence electrons. The lowest BCUT2D eigenvalue weighted by molar-refractivity contribution is -0.138. The van der Waals surface area contributed by atoms with Crippen LogP contribution in [0.2, 0.25) is 0 Å². The molecule has 0 saturated heterocycles. The number of hydrogen-bond acceptors (Lipinski definition) is 6. The maximum Gasteiger partial charge on any atom is 0.339 e. The zero-order valence-electron chi connectivity index (χ0n) is 16.6. The van der Waals surface area contributed by atoms with E-state index in [9.17, 15) is 9.59 Å². The third-order valence-corrected chi connectivity index (χ3v) is 5.93. The second-order valence-corrected chi connectivity index (χ2v) is 8.57. The van der Waals surface area contributed by atoms with Crippen molar-refractivity contribution in [3.05, 3.63) is 76.4 Å². The van der Waals surface area contributed by atoms with Gasteiger partial charge in [0.05, 0.1) is 17.9 Å². The van der Waals surface area contributed by atoms with E-state index < -0.39 is 12.1 Å². The molecule has 0 radical (unpaired) electrons. The molecule has 2 aromatic rings. The summed E-state index contributed by atoms with van der Waals surface area (Å²) in [4.78, 5) is 25.8. The van der Waals surface area contributed by atoms with Crippen molar-refractivity contribution in [2.75, 3.05) is 18.9 Å². The summed E-state index contributed by atoms with van der Waals surface area (Å²) < 4.78 is 6.15. The van der Waals surface area contributed by atoms with Crippen molar-refractivity contribution in [3.63, 3.8) is 0 Å². The Hall–Kier alpha value is -2.29. The average Bonchev–Trinajstić information content (AvgIpc) is 3.15. The maximum atomic E-state index is 12.5. The minimum absolute atomic E-state index is 0.166. The fraction of sp³-hybridized carbons (Fsp3) is 0.273. The first kappa shape index (κ1) is 22.4. The van der Waals surface area contributed by atoms with Crippen LogP contribution in [0.4, 0.5) is 0 Å². The first-order chi connectivity index (χ1) is 14.5. The van der Waals surface area contributed by atoms with Gasteiger partial charge in [0.15, 0.2) is 0 Å². The lowest BCUT2D eigenvalue weighted by Gasteiger charge is -2.21. The highest BCUT2D eigenvalue weighted by molar-refractivity contribution is 9.10. The molecule has 30 heavy (non-hydrogen) atoms. The van der Waals surface area contributed by atoms with E-state index in [0.717, 1.165) is 15.8 Å². The van der Waals surface area contributed by atoms with Crippen molar-refractivity contribution in [2.24, 2.45) is 0 Å². The molecule has 1 aliphatic heterocycles. The van der Waals surface area contributed by atoms with Crippen molar-refractivity contribution in [1.29, 1.82) is 0 Å². The largest absolute Gasteiger partial charge is 0.462 e. The highest BCUT2D eigenvalue weighted by Gasteiger charge is 2.31. The molecule has 0 aliphatic carbocycles. The topological polar surface area (TPSA) is 70.7 Å². The molecule has 0 aromatic heterocycles. The Balaban J connectivity index is 1.57. The molecule has 2 aromatic carbocycles. The zero-order valence-corrected chi connectivity index (χ0v) is 19.0. The minimum atomic E-state index is -0.613. The number of halogens is 1. The van der Waals surface area contributed by atoms with Crippen molar-refractivity contribution in [1.82, 2.24) is 15.8 Å². The van der Waals surface area contributed by atoms with Crippen LogP contribution < -0.4 is 10.7 Å². The van der Waals surface area contributed by atoms with E-state index in [1.807, 2.05) is 47.5 Å². The molecule has 1 aliphatic rings. The molecule has 8 heteroatoms. The predicted octanol–water partition coefficient (Wildman–Crippen LogP) is 3.49. The van der Waals surface area contributed by atoms with E-state index in [-0.39, 0.29) is 18.3 Å². The van der Waals surface area contributed by atoms with Gasteiger partial charge in [-0.15, -0.1) is 11.8 Å². The first-order valence-corrected chi connectivity index (χ1v) is 11.5. The molecule has 0 bridgehead atoms. The van der Waals surface area contributed by atoms with Gasteiger partial charge < -0.3 is 15.1 Å². The van der Waals surface area contributed by atoms with Gasteiger partial charge in [-0.1, -0.05) is 46.3 Å². The monoisotopic (exact) mass is 489 g/mol. The van der Waals surface area contributed by atoms with Gasteiger partial charge in [0.25, 0.3) is 0 Å². The molecule has 3 rings (SSSR count). The SMILES string of the molecule is CCOC(=O)C1=CN(CCc2ccccc2)NC1NC(=O)CSc1ccc(Br)cc1. The molecule has 6 nitrogen and oxygen atoms in total. The Morgan fingerprint density at radius 2 is 1.90 bits per heavy atom. The average molecular weight is 490 g/mol. The van der Waals surface area contributed by atoms with Crippen LogP contribution in [0, 0.1) is 0 Å². The standard InChI is InChI=1S/C22H24BrN3O3S/c1-2-29-22(28)19-14-26(13-12-16-6-4-3-5-7-16)25-21(19)24-20(27)15-30-18-10-8-17(23)9-11-18/h3-11,14,21,25H,2,12-13,15H2,1H3,(H,24,27). The number of hydrazine groups is 1. The number of carbonyl (C=O) groups is 2. The van der Waals surface area contributed by atoms with Gasteiger partial charge in [-0.05, 0) is 43.2 Å². The van der Waals surface area contributed by atoms with E-state index in [2.05, 4.69) is 38.8 Å². The third-order valence-electron chi connectivity index (χ3n) is 4.39. The summed E-state index contributed by atoms with van der Waals surface area (Å²) in [5, 5.41) is 4.71. The highest BCUT2D eigenvalue weighted by Crippen LogP contribution is 2.21. The van der Waals surface area contributed by atoms with Gasteiger partial charge in [0.1, 0.15) is 6.17 Å². The van der Waals surface area contributed by atoms with Crippen LogP contribution in [0.5, 0.6) is 0 Å². The summed E-state index contributed by atoms with van der Waals surface area (Å²) in [6, 6.07) is 17.9. The van der Waals surface area contributed by atoms with Crippen molar-refractivity contribution in [3.8, 4) is 0 Å². The van der Waals surface area contributed by atoms with Crippen LogP contribution in [-0.4, -0.2) is 42.0 Å². The molecule has 1 heterocycles. The minimum Gasteiger partial charge on any atom is -0.462 e. The number of nitrogens with one attached hydrogen (secondary N) is 2. The van der Waals surface area contributed by atoms with E-state index in [1.54, 1.807) is 13.1 Å². The summed E-state index contributed by atoms with van der Waals surface area (Å²) in [5.41, 5.74) is 4.77.